The first kappa shape index (κ1) is 13.1. The minimum atomic E-state index is 0.423. The maximum absolute atomic E-state index is 5.92. The fraction of sp³-hybridized carbons (Fsp3) is 0.625. The molecule has 2 heterocycles. The van der Waals surface area contributed by atoms with Gasteiger partial charge in [-0.25, -0.2) is 0 Å². The first-order valence-electron chi connectivity index (χ1n) is 7.39. The van der Waals surface area contributed by atoms with Gasteiger partial charge in [0.15, 0.2) is 0 Å². The van der Waals surface area contributed by atoms with Gasteiger partial charge in [0.25, 0.3) is 0 Å². The van der Waals surface area contributed by atoms with Gasteiger partial charge in [-0.05, 0) is 42.5 Å². The van der Waals surface area contributed by atoms with Gasteiger partial charge in [0, 0.05) is 6.54 Å². The predicted octanol–water partition coefficient (Wildman–Crippen LogP) is 2.17. The second-order valence-corrected chi connectivity index (χ2v) is 5.99. The third kappa shape index (κ3) is 2.55. The van der Waals surface area contributed by atoms with E-state index in [9.17, 15) is 0 Å². The molecule has 3 atom stereocenters. The molecule has 1 aromatic carbocycles. The number of hydrogen-bond donors (Lipinski definition) is 1. The van der Waals surface area contributed by atoms with E-state index in [2.05, 4.69) is 36.1 Å². The largest absolute Gasteiger partial charge is 0.375 e. The summed E-state index contributed by atoms with van der Waals surface area (Å²) >= 11 is 0. The van der Waals surface area contributed by atoms with Crippen molar-refractivity contribution in [2.75, 3.05) is 26.2 Å². The topological polar surface area (TPSA) is 38.5 Å². The summed E-state index contributed by atoms with van der Waals surface area (Å²) in [6, 6.07) is 9.12. The normalized spacial score (nSPS) is 32.0. The lowest BCUT2D eigenvalue weighted by atomic mass is 9.85. The molecule has 1 fully saturated rings. The van der Waals surface area contributed by atoms with Gasteiger partial charge in [-0.2, -0.15) is 0 Å². The lowest BCUT2D eigenvalue weighted by Gasteiger charge is -2.42. The van der Waals surface area contributed by atoms with Crippen molar-refractivity contribution < 1.29 is 4.74 Å². The molecule has 0 aromatic heterocycles. The number of fused-ring (bicyclic) bond motifs is 1. The Morgan fingerprint density at radius 3 is 3.05 bits per heavy atom. The van der Waals surface area contributed by atoms with Crippen LogP contribution in [0.25, 0.3) is 0 Å². The van der Waals surface area contributed by atoms with Crippen LogP contribution in [0.15, 0.2) is 24.3 Å². The van der Waals surface area contributed by atoms with E-state index < -0.39 is 0 Å². The van der Waals surface area contributed by atoms with E-state index >= 15 is 0 Å². The standard InChI is InChI=1S/C16H24N2O/c1-12-6-7-18(9-14(12)8-17)16-11-19-10-13-4-2-3-5-15(13)16/h2-5,12,14,16H,6-11,17H2,1H3. The number of nitrogens with zero attached hydrogens (tertiary/aromatic N) is 1. The third-order valence-electron chi connectivity index (χ3n) is 4.84. The summed E-state index contributed by atoms with van der Waals surface area (Å²) in [6.07, 6.45) is 1.25. The fourth-order valence-corrected chi connectivity index (χ4v) is 3.43. The minimum Gasteiger partial charge on any atom is -0.375 e. The van der Waals surface area contributed by atoms with Gasteiger partial charge in [-0.1, -0.05) is 31.2 Å². The molecule has 0 aliphatic carbocycles. The van der Waals surface area contributed by atoms with Crippen LogP contribution >= 0.6 is 0 Å². The van der Waals surface area contributed by atoms with Gasteiger partial charge in [0.05, 0.1) is 19.3 Å². The average molecular weight is 260 g/mol. The van der Waals surface area contributed by atoms with Crippen LogP contribution in [-0.2, 0) is 11.3 Å². The first-order chi connectivity index (χ1) is 9.29. The van der Waals surface area contributed by atoms with Crippen molar-refractivity contribution >= 4 is 0 Å². The maximum Gasteiger partial charge on any atom is 0.0721 e. The van der Waals surface area contributed by atoms with E-state index in [1.807, 2.05) is 0 Å². The molecule has 2 N–H and O–H groups in total. The Bertz CT molecular complexity index is 435. The summed E-state index contributed by atoms with van der Waals surface area (Å²) < 4.78 is 5.78. The molecular weight excluding hydrogens is 236 g/mol. The van der Waals surface area contributed by atoms with Gasteiger partial charge in [-0.3, -0.25) is 4.90 Å². The number of likely N-dealkylation sites (tertiary alicyclic amines) is 1. The molecule has 0 spiro atoms. The Morgan fingerprint density at radius 2 is 2.21 bits per heavy atom. The highest BCUT2D eigenvalue weighted by molar-refractivity contribution is 5.31. The van der Waals surface area contributed by atoms with Crippen molar-refractivity contribution in [3.63, 3.8) is 0 Å². The average Bonchev–Trinajstić information content (AvgIpc) is 2.47. The maximum atomic E-state index is 5.92. The number of hydrogen-bond acceptors (Lipinski definition) is 3. The quantitative estimate of drug-likeness (QED) is 0.885. The van der Waals surface area contributed by atoms with Crippen molar-refractivity contribution in [2.24, 2.45) is 17.6 Å². The van der Waals surface area contributed by atoms with Gasteiger partial charge in [-0.15, -0.1) is 0 Å². The molecule has 3 nitrogen and oxygen atoms in total. The SMILES string of the molecule is CC1CCN(C2COCc3ccccc32)CC1CN. The Balaban J connectivity index is 1.80. The molecule has 0 radical (unpaired) electrons. The Hall–Kier alpha value is -0.900. The Kier molecular flexibility index (Phi) is 3.87. The Morgan fingerprint density at radius 1 is 1.37 bits per heavy atom. The van der Waals surface area contributed by atoms with E-state index in [-0.39, 0.29) is 0 Å². The van der Waals surface area contributed by atoms with Gasteiger partial charge < -0.3 is 10.5 Å². The second kappa shape index (κ2) is 5.61. The summed E-state index contributed by atoms with van der Waals surface area (Å²) in [7, 11) is 0. The minimum absolute atomic E-state index is 0.423. The van der Waals surface area contributed by atoms with Crippen molar-refractivity contribution in [2.45, 2.75) is 26.0 Å². The molecular formula is C16H24N2O. The van der Waals surface area contributed by atoms with Gasteiger partial charge in [0.2, 0.25) is 0 Å². The monoisotopic (exact) mass is 260 g/mol. The number of rotatable bonds is 2. The van der Waals surface area contributed by atoms with Crippen LogP contribution in [0.1, 0.15) is 30.5 Å². The molecule has 2 aliphatic rings. The van der Waals surface area contributed by atoms with Crippen LogP contribution in [0.2, 0.25) is 0 Å². The lowest BCUT2D eigenvalue weighted by Crippen LogP contribution is -2.46. The number of ether oxygens (including phenoxy) is 1. The molecule has 3 heteroatoms. The van der Waals surface area contributed by atoms with Crippen LogP contribution in [0, 0.1) is 11.8 Å². The highest BCUT2D eigenvalue weighted by atomic mass is 16.5. The van der Waals surface area contributed by atoms with Gasteiger partial charge in [0.1, 0.15) is 0 Å². The van der Waals surface area contributed by atoms with Gasteiger partial charge >= 0.3 is 0 Å². The molecule has 0 bridgehead atoms. The second-order valence-electron chi connectivity index (χ2n) is 5.99. The summed E-state index contributed by atoms with van der Waals surface area (Å²) in [6.45, 7) is 6.99. The molecule has 1 aromatic rings. The van der Waals surface area contributed by atoms with Crippen LogP contribution in [0.3, 0.4) is 0 Å². The molecule has 1 saturated heterocycles. The molecule has 3 unspecified atom stereocenters. The summed E-state index contributed by atoms with van der Waals surface area (Å²) in [5.74, 6) is 1.38. The summed E-state index contributed by atoms with van der Waals surface area (Å²) in [5, 5.41) is 0. The predicted molar refractivity (Wildman–Crippen MR) is 76.7 cm³/mol. The number of benzene rings is 1. The summed E-state index contributed by atoms with van der Waals surface area (Å²) in [4.78, 5) is 2.58. The van der Waals surface area contributed by atoms with Crippen molar-refractivity contribution in [3.05, 3.63) is 35.4 Å². The summed E-state index contributed by atoms with van der Waals surface area (Å²) in [5.41, 5.74) is 8.73. The van der Waals surface area contributed by atoms with Crippen molar-refractivity contribution in [1.82, 2.24) is 4.90 Å². The van der Waals surface area contributed by atoms with E-state index in [1.54, 1.807) is 0 Å². The lowest BCUT2D eigenvalue weighted by molar-refractivity contribution is 0.00582. The number of nitrogens with two attached hydrogens (primary N) is 1. The first-order valence-corrected chi connectivity index (χ1v) is 7.39. The molecule has 2 aliphatic heterocycles. The molecule has 3 rings (SSSR count). The highest BCUT2D eigenvalue weighted by Gasteiger charge is 2.32. The van der Waals surface area contributed by atoms with Crippen LogP contribution in [-0.4, -0.2) is 31.1 Å². The smallest absolute Gasteiger partial charge is 0.0721 e. The van der Waals surface area contributed by atoms with E-state index in [1.165, 1.54) is 24.1 Å². The Labute approximate surface area is 115 Å². The zero-order valence-electron chi connectivity index (χ0n) is 11.7. The molecule has 19 heavy (non-hydrogen) atoms. The van der Waals surface area contributed by atoms with Crippen LogP contribution in [0.5, 0.6) is 0 Å². The van der Waals surface area contributed by atoms with Crippen LogP contribution < -0.4 is 5.73 Å². The zero-order valence-corrected chi connectivity index (χ0v) is 11.7. The van der Waals surface area contributed by atoms with E-state index in [0.717, 1.165) is 32.2 Å². The van der Waals surface area contributed by atoms with Crippen LogP contribution in [0.4, 0.5) is 0 Å². The highest BCUT2D eigenvalue weighted by Crippen LogP contribution is 2.33. The molecule has 104 valence electrons. The van der Waals surface area contributed by atoms with E-state index in [4.69, 9.17) is 10.5 Å². The molecule has 0 saturated carbocycles. The van der Waals surface area contributed by atoms with E-state index in [0.29, 0.717) is 12.0 Å². The van der Waals surface area contributed by atoms with Crippen molar-refractivity contribution in [3.8, 4) is 0 Å². The third-order valence-corrected chi connectivity index (χ3v) is 4.84. The zero-order chi connectivity index (χ0) is 13.2. The molecule has 0 amide bonds. The number of piperidine rings is 1. The van der Waals surface area contributed by atoms with Crippen molar-refractivity contribution in [1.29, 1.82) is 0 Å². The fourth-order valence-electron chi connectivity index (χ4n) is 3.43.